The minimum Gasteiger partial charge on any atom is -0.373 e. The van der Waals surface area contributed by atoms with E-state index < -0.39 is 10.0 Å². The van der Waals surface area contributed by atoms with Crippen molar-refractivity contribution in [2.75, 3.05) is 37.7 Å². The number of nitrogens with two attached hydrogens (primary N) is 1. The third kappa shape index (κ3) is 4.64. The summed E-state index contributed by atoms with van der Waals surface area (Å²) in [5, 5.41) is 8.86. The van der Waals surface area contributed by atoms with Gasteiger partial charge in [-0.1, -0.05) is 36.4 Å². The van der Waals surface area contributed by atoms with E-state index in [-0.39, 0.29) is 11.0 Å². The Labute approximate surface area is 173 Å². The molecule has 0 radical (unpaired) electrons. The maximum atomic E-state index is 12.2. The molecular formula is C22H29N3O3S. The molecule has 4 rings (SSSR count). The quantitative estimate of drug-likeness (QED) is 0.757. The molecule has 0 aliphatic carbocycles. The second-order valence-electron chi connectivity index (χ2n) is 7.75. The topological polar surface area (TPSA) is 84.7 Å². The fourth-order valence-corrected chi connectivity index (χ4v) is 5.24. The zero-order valence-corrected chi connectivity index (χ0v) is 17.5. The van der Waals surface area contributed by atoms with E-state index in [1.807, 2.05) is 6.07 Å². The first kappa shape index (κ1) is 20.3. The van der Waals surface area contributed by atoms with Crippen molar-refractivity contribution in [2.45, 2.75) is 36.7 Å². The minimum atomic E-state index is -3.78. The molecule has 6 nitrogen and oxygen atoms in total. The van der Waals surface area contributed by atoms with E-state index >= 15 is 0 Å². The fourth-order valence-electron chi connectivity index (χ4n) is 4.44. The van der Waals surface area contributed by atoms with Gasteiger partial charge in [-0.25, -0.2) is 13.6 Å². The molecule has 1 fully saturated rings. The number of aryl methyl sites for hydroxylation is 1. The van der Waals surface area contributed by atoms with E-state index in [2.05, 4.69) is 34.5 Å². The maximum Gasteiger partial charge on any atom is 0.240 e. The Morgan fingerprint density at radius 3 is 2.69 bits per heavy atom. The average Bonchev–Trinajstić information content (AvgIpc) is 2.74. The molecule has 0 amide bonds. The molecule has 0 aromatic heterocycles. The van der Waals surface area contributed by atoms with Crippen LogP contribution in [0.5, 0.6) is 0 Å². The summed E-state index contributed by atoms with van der Waals surface area (Å²) in [7, 11) is -3.78. The van der Waals surface area contributed by atoms with E-state index in [4.69, 9.17) is 9.88 Å². The molecule has 7 heteroatoms. The van der Waals surface area contributed by atoms with E-state index in [0.29, 0.717) is 0 Å². The van der Waals surface area contributed by atoms with Gasteiger partial charge < -0.3 is 15.0 Å². The Morgan fingerprint density at radius 1 is 1.10 bits per heavy atom. The lowest BCUT2D eigenvalue weighted by Crippen LogP contribution is -2.44. The molecule has 2 aromatic carbocycles. The highest BCUT2D eigenvalue weighted by Gasteiger charge is 2.24. The summed E-state index contributed by atoms with van der Waals surface area (Å²) in [6.45, 7) is 3.99. The van der Waals surface area contributed by atoms with Crippen molar-refractivity contribution in [1.29, 1.82) is 0 Å². The lowest BCUT2D eigenvalue weighted by molar-refractivity contribution is 0.0353. The summed E-state index contributed by atoms with van der Waals surface area (Å²) in [4.78, 5) is 2.38. The lowest BCUT2D eigenvalue weighted by atomic mass is 9.93. The lowest BCUT2D eigenvalue weighted by Gasteiger charge is -2.32. The Hall–Kier alpha value is -1.93. The number of sulfonamides is 1. The largest absolute Gasteiger partial charge is 0.373 e. The highest BCUT2D eigenvalue weighted by molar-refractivity contribution is 7.89. The highest BCUT2D eigenvalue weighted by atomic mass is 32.2. The first-order chi connectivity index (χ1) is 14.0. The van der Waals surface area contributed by atoms with Crippen LogP contribution in [0.15, 0.2) is 47.4 Å². The van der Waals surface area contributed by atoms with Crippen LogP contribution >= 0.6 is 0 Å². The van der Waals surface area contributed by atoms with Crippen LogP contribution in [0.2, 0.25) is 0 Å². The van der Waals surface area contributed by atoms with Crippen molar-refractivity contribution in [3.8, 4) is 0 Å². The molecule has 1 unspecified atom stereocenters. The number of rotatable bonds is 6. The molecule has 2 aliphatic heterocycles. The zero-order valence-electron chi connectivity index (χ0n) is 16.6. The third-order valence-corrected chi connectivity index (χ3v) is 6.77. The molecule has 156 valence electrons. The summed E-state index contributed by atoms with van der Waals surface area (Å²) in [6, 6.07) is 13.9. The number of piperazine rings is 1. The van der Waals surface area contributed by atoms with Gasteiger partial charge in [0, 0.05) is 26.2 Å². The van der Waals surface area contributed by atoms with E-state index in [1.165, 1.54) is 11.1 Å². The van der Waals surface area contributed by atoms with Crippen molar-refractivity contribution in [1.82, 2.24) is 5.32 Å². The van der Waals surface area contributed by atoms with Gasteiger partial charge in [0.15, 0.2) is 0 Å². The monoisotopic (exact) mass is 415 g/mol. The Kier molecular flexibility index (Phi) is 6.20. The van der Waals surface area contributed by atoms with E-state index in [1.54, 1.807) is 12.1 Å². The van der Waals surface area contributed by atoms with Crippen molar-refractivity contribution in [3.63, 3.8) is 0 Å². The summed E-state index contributed by atoms with van der Waals surface area (Å²) in [5.74, 6) is 0. The summed E-state index contributed by atoms with van der Waals surface area (Å²) < 4.78 is 30.5. The van der Waals surface area contributed by atoms with Gasteiger partial charge in [-0.05, 0) is 48.4 Å². The van der Waals surface area contributed by atoms with Gasteiger partial charge in [-0.3, -0.25) is 0 Å². The second-order valence-corrected chi connectivity index (χ2v) is 9.28. The Balaban J connectivity index is 1.53. The molecule has 1 atom stereocenters. The van der Waals surface area contributed by atoms with E-state index in [9.17, 15) is 8.42 Å². The van der Waals surface area contributed by atoms with Gasteiger partial charge in [-0.15, -0.1) is 0 Å². The first-order valence-electron chi connectivity index (χ1n) is 10.3. The van der Waals surface area contributed by atoms with Gasteiger partial charge >= 0.3 is 0 Å². The number of nitrogens with zero attached hydrogens (tertiary/aromatic N) is 1. The molecular weight excluding hydrogens is 386 g/mol. The Bertz CT molecular complexity index is 956. The van der Waals surface area contributed by atoms with Gasteiger partial charge in [0.2, 0.25) is 10.0 Å². The van der Waals surface area contributed by atoms with E-state index in [0.717, 1.165) is 69.7 Å². The summed E-state index contributed by atoms with van der Waals surface area (Å²) in [5.41, 5.74) is 4.49. The molecule has 2 aromatic rings. The van der Waals surface area contributed by atoms with Crippen LogP contribution in [-0.2, 0) is 27.6 Å². The second kappa shape index (κ2) is 8.83. The number of benzene rings is 2. The van der Waals surface area contributed by atoms with Crippen molar-refractivity contribution in [2.24, 2.45) is 5.14 Å². The van der Waals surface area contributed by atoms with Crippen molar-refractivity contribution in [3.05, 3.63) is 59.2 Å². The number of hydrogen-bond acceptors (Lipinski definition) is 5. The number of anilines is 1. The SMILES string of the molecule is NS(=O)(=O)c1cccc(CCCC2OCCc3ccccc32)c1N1CCNCC1. The minimum absolute atomic E-state index is 0.115. The smallest absolute Gasteiger partial charge is 0.240 e. The van der Waals surface area contributed by atoms with Crippen LogP contribution in [0.4, 0.5) is 5.69 Å². The maximum absolute atomic E-state index is 12.2. The average molecular weight is 416 g/mol. The summed E-state index contributed by atoms with van der Waals surface area (Å²) >= 11 is 0. The summed E-state index contributed by atoms with van der Waals surface area (Å²) in [6.07, 6.45) is 3.72. The predicted molar refractivity (Wildman–Crippen MR) is 115 cm³/mol. The number of para-hydroxylation sites is 1. The van der Waals surface area contributed by atoms with Crippen LogP contribution < -0.4 is 15.4 Å². The molecule has 1 saturated heterocycles. The molecule has 0 bridgehead atoms. The molecule has 2 aliphatic rings. The number of primary sulfonamides is 1. The van der Waals surface area contributed by atoms with Crippen molar-refractivity contribution >= 4 is 15.7 Å². The van der Waals surface area contributed by atoms with Gasteiger partial charge in [0.1, 0.15) is 4.90 Å². The molecule has 29 heavy (non-hydrogen) atoms. The van der Waals surface area contributed by atoms with Gasteiger partial charge in [-0.2, -0.15) is 0 Å². The Morgan fingerprint density at radius 2 is 1.90 bits per heavy atom. The van der Waals surface area contributed by atoms with Crippen LogP contribution in [0, 0.1) is 0 Å². The molecule has 0 spiro atoms. The van der Waals surface area contributed by atoms with Gasteiger partial charge in [0.25, 0.3) is 0 Å². The fraction of sp³-hybridized carbons (Fsp3) is 0.455. The molecule has 3 N–H and O–H groups in total. The van der Waals surface area contributed by atoms with Crippen molar-refractivity contribution < 1.29 is 13.2 Å². The van der Waals surface area contributed by atoms with Crippen LogP contribution in [0.3, 0.4) is 0 Å². The molecule has 2 heterocycles. The van der Waals surface area contributed by atoms with Crippen LogP contribution in [-0.4, -0.2) is 41.2 Å². The van der Waals surface area contributed by atoms with Gasteiger partial charge in [0.05, 0.1) is 18.4 Å². The number of nitrogens with one attached hydrogen (secondary N) is 1. The van der Waals surface area contributed by atoms with Crippen LogP contribution in [0.1, 0.15) is 35.6 Å². The number of ether oxygens (including phenoxy) is 1. The highest BCUT2D eigenvalue weighted by Crippen LogP contribution is 2.33. The third-order valence-electron chi connectivity index (χ3n) is 5.83. The molecule has 0 saturated carbocycles. The normalized spacial score (nSPS) is 19.8. The van der Waals surface area contributed by atoms with Crippen LogP contribution in [0.25, 0.3) is 0 Å². The standard InChI is InChI=1S/C22H29N3O3S/c23-29(26,27)21-10-4-7-18(22(21)25-14-12-24-13-15-25)6-3-9-20-19-8-2-1-5-17(19)11-16-28-20/h1-2,4-5,7-8,10,20,24H,3,6,9,11-16H2,(H2,23,26,27). The number of fused-ring (bicyclic) bond motifs is 1. The zero-order chi connectivity index (χ0) is 20.3. The number of hydrogen-bond donors (Lipinski definition) is 2. The predicted octanol–water partition coefficient (Wildman–Crippen LogP) is 2.38. The first-order valence-corrected chi connectivity index (χ1v) is 11.9.